The monoisotopic (exact) mass is 399 g/mol. The van der Waals surface area contributed by atoms with Crippen molar-refractivity contribution in [2.24, 2.45) is 5.11 Å². The van der Waals surface area contributed by atoms with Crippen LogP contribution in [-0.2, 0) is 19.9 Å². The molecule has 1 heterocycles. The van der Waals surface area contributed by atoms with Crippen molar-refractivity contribution in [3.05, 3.63) is 118 Å². The lowest BCUT2D eigenvalue weighted by Gasteiger charge is -2.36. The zero-order valence-electron chi connectivity index (χ0n) is 16.3. The van der Waals surface area contributed by atoms with E-state index in [2.05, 4.69) is 10.0 Å². The normalized spacial score (nSPS) is 18.5. The molecule has 3 aromatic rings. The van der Waals surface area contributed by atoms with Crippen molar-refractivity contribution >= 4 is 5.97 Å². The van der Waals surface area contributed by atoms with Crippen molar-refractivity contribution in [1.29, 1.82) is 0 Å². The van der Waals surface area contributed by atoms with Crippen LogP contribution in [0.2, 0.25) is 0 Å². The highest BCUT2D eigenvalue weighted by Crippen LogP contribution is 2.41. The van der Waals surface area contributed by atoms with Gasteiger partial charge in [0.15, 0.2) is 0 Å². The van der Waals surface area contributed by atoms with Gasteiger partial charge in [-0.3, -0.25) is 4.79 Å². The number of esters is 1. The molecule has 3 aromatic carbocycles. The van der Waals surface area contributed by atoms with Gasteiger partial charge in [0.05, 0.1) is 19.1 Å². The van der Waals surface area contributed by atoms with Crippen molar-refractivity contribution in [3.63, 3.8) is 0 Å². The molecule has 30 heavy (non-hydrogen) atoms. The number of rotatable bonds is 7. The molecule has 0 unspecified atom stereocenters. The molecule has 0 bridgehead atoms. The molecule has 0 amide bonds. The first-order valence-corrected chi connectivity index (χ1v) is 9.78. The summed E-state index contributed by atoms with van der Waals surface area (Å²) >= 11 is 0. The van der Waals surface area contributed by atoms with E-state index in [1.165, 1.54) is 0 Å². The van der Waals surface area contributed by atoms with Crippen molar-refractivity contribution in [1.82, 2.24) is 0 Å². The second kappa shape index (κ2) is 8.82. The van der Waals surface area contributed by atoms with Crippen LogP contribution in [0.15, 0.2) is 96.1 Å². The maximum absolute atomic E-state index is 11.8. The summed E-state index contributed by atoms with van der Waals surface area (Å²) in [6.07, 6.45) is -0.573. The number of nitrogens with zero attached hydrogens (tertiary/aromatic N) is 3. The topological polar surface area (TPSA) is 84.3 Å². The van der Waals surface area contributed by atoms with Gasteiger partial charge in [-0.2, -0.15) is 0 Å². The first-order chi connectivity index (χ1) is 14.7. The fourth-order valence-electron chi connectivity index (χ4n) is 3.90. The molecule has 6 heteroatoms. The molecule has 0 saturated carbocycles. The fourth-order valence-corrected chi connectivity index (χ4v) is 3.90. The number of carbonyl (C=O) groups is 1. The van der Waals surface area contributed by atoms with Crippen molar-refractivity contribution in [2.75, 3.05) is 6.61 Å². The Kier molecular flexibility index (Phi) is 5.80. The van der Waals surface area contributed by atoms with E-state index in [1.54, 1.807) is 0 Å². The van der Waals surface area contributed by atoms with E-state index in [1.807, 2.05) is 91.0 Å². The summed E-state index contributed by atoms with van der Waals surface area (Å²) in [7, 11) is 0. The molecule has 0 aromatic heterocycles. The van der Waals surface area contributed by atoms with Gasteiger partial charge in [0, 0.05) is 4.91 Å². The molecular formula is C24H21N3O3. The fraction of sp³-hybridized carbons (Fsp3) is 0.208. The lowest BCUT2D eigenvalue weighted by molar-refractivity contribution is -0.145. The molecule has 0 N–H and O–H groups in total. The number of azide groups is 1. The van der Waals surface area contributed by atoms with Gasteiger partial charge in [-0.05, 0) is 22.2 Å². The molecule has 1 aliphatic rings. The van der Waals surface area contributed by atoms with Gasteiger partial charge < -0.3 is 9.47 Å². The molecule has 4 rings (SSSR count). The van der Waals surface area contributed by atoms with Crippen LogP contribution in [-0.4, -0.2) is 24.7 Å². The summed E-state index contributed by atoms with van der Waals surface area (Å²) < 4.78 is 12.0. The van der Waals surface area contributed by atoms with Gasteiger partial charge in [-0.25, -0.2) is 0 Å². The Bertz CT molecular complexity index is 938. The van der Waals surface area contributed by atoms with E-state index in [-0.39, 0.29) is 19.0 Å². The third-order valence-electron chi connectivity index (χ3n) is 5.29. The number of carbonyl (C=O) groups excluding carboxylic acids is 1. The van der Waals surface area contributed by atoms with Gasteiger partial charge in [-0.15, -0.1) is 0 Å². The van der Waals surface area contributed by atoms with E-state index < -0.39 is 17.7 Å². The summed E-state index contributed by atoms with van der Waals surface area (Å²) in [5.74, 6) is -0.384. The summed E-state index contributed by atoms with van der Waals surface area (Å²) in [5.41, 5.74) is 10.8. The van der Waals surface area contributed by atoms with Crippen LogP contribution < -0.4 is 0 Å². The average molecular weight is 399 g/mol. The smallest absolute Gasteiger partial charge is 0.306 e. The van der Waals surface area contributed by atoms with Crippen molar-refractivity contribution < 1.29 is 14.3 Å². The van der Waals surface area contributed by atoms with E-state index in [0.29, 0.717) is 0 Å². The Morgan fingerprint density at radius 2 is 1.37 bits per heavy atom. The first-order valence-electron chi connectivity index (χ1n) is 9.78. The summed E-state index contributed by atoms with van der Waals surface area (Å²) in [6, 6.07) is 29.2. The maximum Gasteiger partial charge on any atom is 0.306 e. The number of ether oxygens (including phenoxy) is 2. The molecule has 150 valence electrons. The molecule has 1 fully saturated rings. The van der Waals surface area contributed by atoms with E-state index in [0.717, 1.165) is 16.7 Å². The highest BCUT2D eigenvalue weighted by Gasteiger charge is 2.41. The van der Waals surface area contributed by atoms with E-state index >= 15 is 0 Å². The standard InChI is InChI=1S/C24H21N3O3/c25-27-26-21-16-23(28)30-22(21)17-29-24(18-10-4-1-5-11-18,19-12-6-2-7-13-19)20-14-8-3-9-15-20/h1-15,21-22H,16-17H2/t21-,22-/m1/s1. The Labute approximate surface area is 174 Å². The Morgan fingerprint density at radius 3 is 1.80 bits per heavy atom. The zero-order chi connectivity index (χ0) is 20.8. The summed E-state index contributed by atoms with van der Waals surface area (Å²) in [6.45, 7) is 0.0914. The van der Waals surface area contributed by atoms with E-state index in [9.17, 15) is 4.79 Å². The van der Waals surface area contributed by atoms with Crippen LogP contribution in [0.5, 0.6) is 0 Å². The molecular weight excluding hydrogens is 378 g/mol. The number of hydrogen-bond donors (Lipinski definition) is 0. The predicted molar refractivity (Wildman–Crippen MR) is 113 cm³/mol. The SMILES string of the molecule is [N-]=[N+]=N[C@@H]1CC(=O)O[C@@H]1COC(c1ccccc1)(c1ccccc1)c1ccccc1. The molecule has 1 saturated heterocycles. The number of hydrogen-bond acceptors (Lipinski definition) is 4. The predicted octanol–water partition coefficient (Wildman–Crippen LogP) is 4.99. The first kappa shape index (κ1) is 19.7. The maximum atomic E-state index is 11.8. The molecule has 6 nitrogen and oxygen atoms in total. The number of cyclic esters (lactones) is 1. The quantitative estimate of drug-likeness (QED) is 0.184. The largest absolute Gasteiger partial charge is 0.459 e. The minimum absolute atomic E-state index is 0.0626. The second-order valence-corrected chi connectivity index (χ2v) is 7.09. The van der Waals surface area contributed by atoms with Gasteiger partial charge in [0.2, 0.25) is 0 Å². The minimum Gasteiger partial charge on any atom is -0.459 e. The van der Waals surface area contributed by atoms with Crippen LogP contribution in [0, 0.1) is 0 Å². The third-order valence-corrected chi connectivity index (χ3v) is 5.29. The highest BCUT2D eigenvalue weighted by molar-refractivity contribution is 5.72. The molecule has 1 aliphatic heterocycles. The Balaban J connectivity index is 1.81. The van der Waals surface area contributed by atoms with Gasteiger partial charge >= 0.3 is 5.97 Å². The second-order valence-electron chi connectivity index (χ2n) is 7.09. The van der Waals surface area contributed by atoms with Gasteiger partial charge in [0.1, 0.15) is 11.7 Å². The van der Waals surface area contributed by atoms with Crippen LogP contribution >= 0.6 is 0 Å². The lowest BCUT2D eigenvalue weighted by atomic mass is 9.80. The molecule has 0 radical (unpaired) electrons. The van der Waals surface area contributed by atoms with E-state index in [4.69, 9.17) is 15.0 Å². The third kappa shape index (κ3) is 3.79. The van der Waals surface area contributed by atoms with Gasteiger partial charge in [0.25, 0.3) is 0 Å². The van der Waals surface area contributed by atoms with Crippen LogP contribution in [0.3, 0.4) is 0 Å². The molecule has 0 aliphatic carbocycles. The van der Waals surface area contributed by atoms with Crippen LogP contribution in [0.4, 0.5) is 0 Å². The highest BCUT2D eigenvalue weighted by atomic mass is 16.6. The minimum atomic E-state index is -0.917. The summed E-state index contributed by atoms with van der Waals surface area (Å²) in [5, 5.41) is 3.73. The Morgan fingerprint density at radius 1 is 0.900 bits per heavy atom. The molecule has 0 spiro atoms. The van der Waals surface area contributed by atoms with Gasteiger partial charge in [-0.1, -0.05) is 96.1 Å². The summed E-state index contributed by atoms with van der Waals surface area (Å²) in [4.78, 5) is 14.7. The Hall–Kier alpha value is -3.60. The molecule has 2 atom stereocenters. The van der Waals surface area contributed by atoms with Crippen molar-refractivity contribution in [3.8, 4) is 0 Å². The zero-order valence-corrected chi connectivity index (χ0v) is 16.3. The number of benzene rings is 3. The van der Waals surface area contributed by atoms with Crippen molar-refractivity contribution in [2.45, 2.75) is 24.2 Å². The average Bonchev–Trinajstić information content (AvgIpc) is 3.16. The van der Waals surface area contributed by atoms with Crippen LogP contribution in [0.25, 0.3) is 10.4 Å². The lowest BCUT2D eigenvalue weighted by Crippen LogP contribution is -2.37. The van der Waals surface area contributed by atoms with Crippen LogP contribution in [0.1, 0.15) is 23.1 Å².